The molecule has 0 bridgehead atoms. The lowest BCUT2D eigenvalue weighted by atomic mass is 10.1. The number of quaternary nitrogens is 1. The molecular formula is C14H18Cl3N2O2+. The highest BCUT2D eigenvalue weighted by molar-refractivity contribution is 6.68. The second-order valence-corrected chi connectivity index (χ2v) is 7.45. The van der Waals surface area contributed by atoms with Gasteiger partial charge < -0.3 is 9.64 Å². The lowest BCUT2D eigenvalue weighted by Crippen LogP contribution is -3.21. The fourth-order valence-corrected chi connectivity index (χ4v) is 2.88. The van der Waals surface area contributed by atoms with Gasteiger partial charge in [0.1, 0.15) is 13.1 Å². The summed E-state index contributed by atoms with van der Waals surface area (Å²) in [5.41, 5.74) is 1.63. The van der Waals surface area contributed by atoms with Gasteiger partial charge in [-0.15, -0.1) is 0 Å². The number of carbonyl (C=O) groups is 1. The molecule has 0 unspecified atom stereocenters. The van der Waals surface area contributed by atoms with E-state index in [4.69, 9.17) is 39.5 Å². The number of alkyl halides is 3. The molecule has 7 heteroatoms. The third-order valence-electron chi connectivity index (χ3n) is 3.46. The SMILES string of the molecule is Cc1ccc(C(=O)N[C@@H]([NH+]2CCOCC2)C(Cl)(Cl)Cl)cc1. The Morgan fingerprint density at radius 1 is 1.24 bits per heavy atom. The van der Waals surface area contributed by atoms with Crippen molar-refractivity contribution < 1.29 is 14.4 Å². The smallest absolute Gasteiger partial charge is 0.262 e. The second kappa shape index (κ2) is 7.16. The van der Waals surface area contributed by atoms with Gasteiger partial charge in [0.2, 0.25) is 6.17 Å². The second-order valence-electron chi connectivity index (χ2n) is 5.08. The maximum atomic E-state index is 12.3. The molecule has 1 aliphatic heterocycles. The molecule has 1 aromatic carbocycles. The predicted octanol–water partition coefficient (Wildman–Crippen LogP) is 1.34. The zero-order valence-corrected chi connectivity index (χ0v) is 13.9. The van der Waals surface area contributed by atoms with Crippen molar-refractivity contribution in [2.24, 2.45) is 0 Å². The van der Waals surface area contributed by atoms with Gasteiger partial charge in [-0.1, -0.05) is 52.5 Å². The number of carbonyl (C=O) groups excluding carboxylic acids is 1. The third-order valence-corrected chi connectivity index (χ3v) is 4.11. The largest absolute Gasteiger partial charge is 0.370 e. The van der Waals surface area contributed by atoms with Crippen LogP contribution in [0.4, 0.5) is 0 Å². The van der Waals surface area contributed by atoms with Crippen LogP contribution in [0.1, 0.15) is 15.9 Å². The molecule has 116 valence electrons. The average Bonchev–Trinajstić information content (AvgIpc) is 2.45. The van der Waals surface area contributed by atoms with E-state index in [-0.39, 0.29) is 5.91 Å². The lowest BCUT2D eigenvalue weighted by molar-refractivity contribution is -0.934. The lowest BCUT2D eigenvalue weighted by Gasteiger charge is -2.35. The first-order valence-electron chi connectivity index (χ1n) is 6.74. The van der Waals surface area contributed by atoms with Crippen molar-refractivity contribution in [3.8, 4) is 0 Å². The molecule has 1 atom stereocenters. The monoisotopic (exact) mass is 351 g/mol. The molecule has 0 aromatic heterocycles. The summed E-state index contributed by atoms with van der Waals surface area (Å²) < 4.78 is 3.73. The minimum absolute atomic E-state index is 0.245. The number of hydrogen-bond donors (Lipinski definition) is 2. The van der Waals surface area contributed by atoms with Gasteiger partial charge in [0.05, 0.1) is 13.2 Å². The Morgan fingerprint density at radius 3 is 2.33 bits per heavy atom. The van der Waals surface area contributed by atoms with E-state index in [0.717, 1.165) is 10.5 Å². The molecule has 0 spiro atoms. The Bertz CT molecular complexity index is 482. The van der Waals surface area contributed by atoms with Crippen molar-refractivity contribution in [3.05, 3.63) is 35.4 Å². The van der Waals surface area contributed by atoms with Gasteiger partial charge >= 0.3 is 0 Å². The third kappa shape index (κ3) is 4.73. The molecule has 0 saturated carbocycles. The average molecular weight is 353 g/mol. The summed E-state index contributed by atoms with van der Waals surface area (Å²) in [4.78, 5) is 13.3. The van der Waals surface area contributed by atoms with E-state index in [1.165, 1.54) is 0 Å². The van der Waals surface area contributed by atoms with Crippen LogP contribution >= 0.6 is 34.8 Å². The Balaban J connectivity index is 2.10. The normalized spacial score (nSPS) is 18.3. The molecule has 1 saturated heterocycles. The first-order valence-corrected chi connectivity index (χ1v) is 7.88. The standard InChI is InChI=1S/C14H17Cl3N2O2/c1-10-2-4-11(5-3-10)12(20)18-13(14(15,16)17)19-6-8-21-9-7-19/h2-5,13H,6-9H2,1H3,(H,18,20)/p+1/t13-/m0/s1. The number of nitrogens with one attached hydrogen (secondary N) is 2. The first kappa shape index (κ1) is 16.8. The summed E-state index contributed by atoms with van der Waals surface area (Å²) in [5, 5.41) is 2.84. The molecule has 1 aliphatic rings. The van der Waals surface area contributed by atoms with Crippen molar-refractivity contribution in [1.29, 1.82) is 0 Å². The molecule has 1 fully saturated rings. The van der Waals surface area contributed by atoms with Crippen LogP contribution < -0.4 is 10.2 Å². The molecular weight excluding hydrogens is 335 g/mol. The molecule has 21 heavy (non-hydrogen) atoms. The van der Waals surface area contributed by atoms with E-state index < -0.39 is 9.96 Å². The zero-order valence-electron chi connectivity index (χ0n) is 11.7. The molecule has 2 rings (SSSR count). The summed E-state index contributed by atoms with van der Waals surface area (Å²) in [6.07, 6.45) is -0.611. The highest BCUT2D eigenvalue weighted by Gasteiger charge is 2.42. The van der Waals surface area contributed by atoms with Crippen LogP contribution in [0.25, 0.3) is 0 Å². The summed E-state index contributed by atoms with van der Waals surface area (Å²) >= 11 is 18.1. The molecule has 1 amide bonds. The van der Waals surface area contributed by atoms with Gasteiger partial charge in [-0.05, 0) is 19.1 Å². The van der Waals surface area contributed by atoms with E-state index in [0.29, 0.717) is 31.9 Å². The van der Waals surface area contributed by atoms with Gasteiger partial charge in [-0.3, -0.25) is 10.1 Å². The van der Waals surface area contributed by atoms with Crippen molar-refractivity contribution >= 4 is 40.7 Å². The zero-order chi connectivity index (χ0) is 15.5. The van der Waals surface area contributed by atoms with Crippen LogP contribution in [0.3, 0.4) is 0 Å². The van der Waals surface area contributed by atoms with Crippen LogP contribution in [-0.4, -0.2) is 42.2 Å². The number of halogens is 3. The Kier molecular flexibility index (Phi) is 5.74. The van der Waals surface area contributed by atoms with Crippen molar-refractivity contribution in [1.82, 2.24) is 5.32 Å². The molecule has 4 nitrogen and oxygen atoms in total. The van der Waals surface area contributed by atoms with E-state index >= 15 is 0 Å². The molecule has 1 heterocycles. The van der Waals surface area contributed by atoms with Crippen LogP contribution in [0.2, 0.25) is 0 Å². The molecule has 0 radical (unpaired) electrons. The van der Waals surface area contributed by atoms with Gasteiger partial charge in [-0.25, -0.2) is 0 Å². The van der Waals surface area contributed by atoms with Gasteiger partial charge in [0.15, 0.2) is 0 Å². The van der Waals surface area contributed by atoms with Crippen LogP contribution in [0.5, 0.6) is 0 Å². The van der Waals surface area contributed by atoms with Gasteiger partial charge in [-0.2, -0.15) is 0 Å². The van der Waals surface area contributed by atoms with Crippen LogP contribution in [0, 0.1) is 6.92 Å². The fraction of sp³-hybridized carbons (Fsp3) is 0.500. The Morgan fingerprint density at radius 2 is 1.81 bits per heavy atom. The molecule has 1 aromatic rings. The van der Waals surface area contributed by atoms with Crippen LogP contribution in [-0.2, 0) is 4.74 Å². The van der Waals surface area contributed by atoms with Crippen molar-refractivity contribution in [3.63, 3.8) is 0 Å². The van der Waals surface area contributed by atoms with E-state index in [1.54, 1.807) is 12.1 Å². The van der Waals surface area contributed by atoms with Gasteiger partial charge in [0, 0.05) is 5.56 Å². The molecule has 0 aliphatic carbocycles. The van der Waals surface area contributed by atoms with Crippen molar-refractivity contribution in [2.45, 2.75) is 16.9 Å². The highest BCUT2D eigenvalue weighted by Crippen LogP contribution is 2.28. The maximum Gasteiger partial charge on any atom is 0.262 e. The highest BCUT2D eigenvalue weighted by atomic mass is 35.6. The van der Waals surface area contributed by atoms with E-state index in [9.17, 15) is 4.79 Å². The topological polar surface area (TPSA) is 42.8 Å². The van der Waals surface area contributed by atoms with Crippen molar-refractivity contribution in [2.75, 3.05) is 26.3 Å². The number of ether oxygens (including phenoxy) is 1. The summed E-state index contributed by atoms with van der Waals surface area (Å²) in [6.45, 7) is 4.52. The first-order chi connectivity index (χ1) is 9.88. The Labute approximate surface area is 139 Å². The number of morpholine rings is 1. The Hall–Kier alpha value is -0.520. The summed E-state index contributed by atoms with van der Waals surface area (Å²) in [5.74, 6) is -0.245. The van der Waals surface area contributed by atoms with Crippen LogP contribution in [0.15, 0.2) is 24.3 Å². The number of benzene rings is 1. The van der Waals surface area contributed by atoms with Gasteiger partial charge in [0.25, 0.3) is 9.70 Å². The number of hydrogen-bond acceptors (Lipinski definition) is 2. The summed E-state index contributed by atoms with van der Waals surface area (Å²) in [6, 6.07) is 7.27. The number of aryl methyl sites for hydroxylation is 1. The molecule has 2 N–H and O–H groups in total. The number of amides is 1. The van der Waals surface area contributed by atoms with E-state index in [1.807, 2.05) is 19.1 Å². The maximum absolute atomic E-state index is 12.3. The fourth-order valence-electron chi connectivity index (χ4n) is 2.26. The minimum Gasteiger partial charge on any atom is -0.370 e. The van der Waals surface area contributed by atoms with E-state index in [2.05, 4.69) is 5.32 Å². The number of rotatable bonds is 3. The quantitative estimate of drug-likeness (QED) is 0.806. The predicted molar refractivity (Wildman–Crippen MR) is 84.2 cm³/mol. The minimum atomic E-state index is -1.58. The summed E-state index contributed by atoms with van der Waals surface area (Å²) in [7, 11) is 0.